The van der Waals surface area contributed by atoms with E-state index in [1.54, 1.807) is 28.2 Å². The molecule has 2 aliphatic rings. The molecular formula is C21H18Cl2N4OS. The summed E-state index contributed by atoms with van der Waals surface area (Å²) in [6.45, 7) is 4.22. The third-order valence-corrected chi connectivity index (χ3v) is 6.76. The Morgan fingerprint density at radius 3 is 2.79 bits per heavy atom. The average Bonchev–Trinajstić information content (AvgIpc) is 3.28. The topological polar surface area (TPSA) is 59.8 Å². The standard InChI is InChI=1S/C21H18Cl2N4OS/c1-21(2)9-14-17(15(28)10-21)18(12-6-5-11(22)8-13(12)23)27-20(24-14)25-19(26-27)16-4-3-7-29-16/h3-8,18H,9-10H2,1-2H3,(H,24,25,26). The highest BCUT2D eigenvalue weighted by Gasteiger charge is 2.42. The van der Waals surface area contributed by atoms with E-state index in [2.05, 4.69) is 19.2 Å². The van der Waals surface area contributed by atoms with E-state index in [0.29, 0.717) is 33.8 Å². The third-order valence-electron chi connectivity index (χ3n) is 5.33. The number of nitrogens with zero attached hydrogens (tertiary/aromatic N) is 3. The number of benzene rings is 1. The smallest absolute Gasteiger partial charge is 0.226 e. The van der Waals surface area contributed by atoms with Crippen molar-refractivity contribution in [3.05, 3.63) is 62.6 Å². The fourth-order valence-electron chi connectivity index (χ4n) is 4.13. The van der Waals surface area contributed by atoms with Crippen molar-refractivity contribution in [1.82, 2.24) is 14.8 Å². The number of carbonyl (C=O) groups is 1. The maximum atomic E-state index is 13.2. The maximum Gasteiger partial charge on any atom is 0.226 e. The van der Waals surface area contributed by atoms with Gasteiger partial charge >= 0.3 is 0 Å². The Balaban J connectivity index is 1.72. The molecule has 3 heterocycles. The number of thiophene rings is 1. The largest absolute Gasteiger partial charge is 0.328 e. The van der Waals surface area contributed by atoms with Crippen LogP contribution in [0.1, 0.15) is 38.3 Å². The number of Topliss-reactive ketones (excluding diaryl/α,β-unsaturated/α-hetero) is 1. The second-order valence-corrected chi connectivity index (χ2v) is 10.00. The summed E-state index contributed by atoms with van der Waals surface area (Å²) in [7, 11) is 0. The minimum Gasteiger partial charge on any atom is -0.328 e. The molecular weight excluding hydrogens is 427 g/mol. The lowest BCUT2D eigenvalue weighted by Gasteiger charge is -2.38. The molecule has 0 amide bonds. The predicted molar refractivity (Wildman–Crippen MR) is 117 cm³/mol. The number of fused-ring (bicyclic) bond motifs is 1. The lowest BCUT2D eigenvalue weighted by molar-refractivity contribution is -0.118. The molecule has 5 rings (SSSR count). The Morgan fingerprint density at radius 1 is 1.24 bits per heavy atom. The van der Waals surface area contributed by atoms with Crippen LogP contribution >= 0.6 is 34.5 Å². The second kappa shape index (κ2) is 6.69. The monoisotopic (exact) mass is 444 g/mol. The number of allylic oxidation sites excluding steroid dienone is 2. The van der Waals surface area contributed by atoms with Crippen molar-refractivity contribution < 1.29 is 4.79 Å². The molecule has 148 valence electrons. The Bertz CT molecular complexity index is 1160. The van der Waals surface area contributed by atoms with Gasteiger partial charge in [-0.2, -0.15) is 4.98 Å². The number of halogens is 2. The lowest BCUT2D eigenvalue weighted by Crippen LogP contribution is -2.36. The van der Waals surface area contributed by atoms with Crippen molar-refractivity contribution in [3.63, 3.8) is 0 Å². The number of anilines is 1. The zero-order chi connectivity index (χ0) is 20.3. The Morgan fingerprint density at radius 2 is 2.07 bits per heavy atom. The molecule has 0 saturated carbocycles. The van der Waals surface area contributed by atoms with Gasteiger partial charge in [-0.05, 0) is 35.4 Å². The first-order valence-electron chi connectivity index (χ1n) is 9.31. The molecule has 0 radical (unpaired) electrons. The average molecular weight is 445 g/mol. The van der Waals surface area contributed by atoms with Crippen LogP contribution in [0.3, 0.4) is 0 Å². The molecule has 8 heteroatoms. The number of nitrogens with one attached hydrogen (secondary N) is 1. The van der Waals surface area contributed by atoms with E-state index in [-0.39, 0.29) is 11.2 Å². The molecule has 1 N–H and O–H groups in total. The highest BCUT2D eigenvalue weighted by molar-refractivity contribution is 7.13. The number of aromatic nitrogens is 3. The fraction of sp³-hybridized carbons (Fsp3) is 0.286. The summed E-state index contributed by atoms with van der Waals surface area (Å²) in [5.41, 5.74) is 2.29. The summed E-state index contributed by atoms with van der Waals surface area (Å²) < 4.78 is 1.78. The SMILES string of the molecule is CC1(C)CC(=O)C2=C(C1)Nc1nc(-c3cccs3)nn1C2c1ccc(Cl)cc1Cl. The predicted octanol–water partition coefficient (Wildman–Crippen LogP) is 5.97. The number of rotatable bonds is 2. The lowest BCUT2D eigenvalue weighted by atomic mass is 9.73. The van der Waals surface area contributed by atoms with Gasteiger partial charge in [-0.25, -0.2) is 4.68 Å². The Kier molecular flexibility index (Phi) is 4.35. The van der Waals surface area contributed by atoms with Gasteiger partial charge in [0.1, 0.15) is 6.04 Å². The molecule has 3 aromatic rings. The van der Waals surface area contributed by atoms with E-state index < -0.39 is 6.04 Å². The minimum absolute atomic E-state index is 0.110. The van der Waals surface area contributed by atoms with Gasteiger partial charge in [0.05, 0.1) is 4.88 Å². The van der Waals surface area contributed by atoms with Gasteiger partial charge in [-0.15, -0.1) is 16.4 Å². The van der Waals surface area contributed by atoms with Crippen LogP contribution in [-0.4, -0.2) is 20.5 Å². The van der Waals surface area contributed by atoms with E-state index in [9.17, 15) is 4.79 Å². The number of hydrogen-bond acceptors (Lipinski definition) is 5. The summed E-state index contributed by atoms with van der Waals surface area (Å²) in [6, 6.07) is 8.88. The van der Waals surface area contributed by atoms with Crippen molar-refractivity contribution in [2.75, 3.05) is 5.32 Å². The van der Waals surface area contributed by atoms with E-state index >= 15 is 0 Å². The molecule has 0 fully saturated rings. The van der Waals surface area contributed by atoms with Gasteiger partial charge in [0.2, 0.25) is 5.95 Å². The van der Waals surface area contributed by atoms with Crippen molar-refractivity contribution in [2.45, 2.75) is 32.7 Å². The summed E-state index contributed by atoms with van der Waals surface area (Å²) in [4.78, 5) is 18.9. The molecule has 29 heavy (non-hydrogen) atoms. The summed E-state index contributed by atoms with van der Waals surface area (Å²) in [5, 5.41) is 11.2. The van der Waals surface area contributed by atoms with Crippen LogP contribution < -0.4 is 5.32 Å². The van der Waals surface area contributed by atoms with Crippen LogP contribution in [0, 0.1) is 5.41 Å². The van der Waals surface area contributed by atoms with Crippen molar-refractivity contribution in [1.29, 1.82) is 0 Å². The zero-order valence-electron chi connectivity index (χ0n) is 15.9. The molecule has 1 aliphatic heterocycles. The third kappa shape index (κ3) is 3.19. The van der Waals surface area contributed by atoms with Gasteiger partial charge in [-0.3, -0.25) is 4.79 Å². The van der Waals surface area contributed by atoms with Crippen molar-refractivity contribution in [2.24, 2.45) is 5.41 Å². The van der Waals surface area contributed by atoms with Crippen LogP contribution in [0.2, 0.25) is 10.0 Å². The van der Waals surface area contributed by atoms with Crippen LogP contribution in [0.5, 0.6) is 0 Å². The normalized spacial score (nSPS) is 20.3. The molecule has 1 aromatic carbocycles. The van der Waals surface area contributed by atoms with E-state index in [1.165, 1.54) is 0 Å². The van der Waals surface area contributed by atoms with E-state index in [1.807, 2.05) is 23.6 Å². The molecule has 1 aliphatic carbocycles. The first-order chi connectivity index (χ1) is 13.8. The number of carbonyl (C=O) groups excluding carboxylic acids is 1. The van der Waals surface area contributed by atoms with Crippen LogP contribution in [0.25, 0.3) is 10.7 Å². The minimum atomic E-state index is -0.434. The molecule has 5 nitrogen and oxygen atoms in total. The van der Waals surface area contributed by atoms with E-state index in [0.717, 1.165) is 22.6 Å². The Labute approximate surface area is 182 Å². The van der Waals surface area contributed by atoms with Crippen LogP contribution in [0.4, 0.5) is 5.95 Å². The highest BCUT2D eigenvalue weighted by Crippen LogP contribution is 2.47. The molecule has 0 spiro atoms. The first kappa shape index (κ1) is 18.9. The van der Waals surface area contributed by atoms with Crippen molar-refractivity contribution >= 4 is 46.3 Å². The van der Waals surface area contributed by atoms with Crippen LogP contribution in [0.15, 0.2) is 47.0 Å². The molecule has 1 atom stereocenters. The molecule has 0 saturated heterocycles. The van der Waals surface area contributed by atoms with Crippen LogP contribution in [-0.2, 0) is 4.79 Å². The molecule has 2 aromatic heterocycles. The van der Waals surface area contributed by atoms with Gasteiger partial charge < -0.3 is 5.32 Å². The summed E-state index contributed by atoms with van der Waals surface area (Å²) >= 11 is 14.3. The molecule has 0 bridgehead atoms. The van der Waals surface area contributed by atoms with Gasteiger partial charge in [0.15, 0.2) is 11.6 Å². The Hall–Kier alpha value is -2.15. The summed E-state index contributed by atoms with van der Waals surface area (Å²) in [6.07, 6.45) is 1.24. The summed E-state index contributed by atoms with van der Waals surface area (Å²) in [5.74, 6) is 1.36. The number of ketones is 1. The number of hydrogen-bond donors (Lipinski definition) is 1. The molecule has 1 unspecified atom stereocenters. The van der Waals surface area contributed by atoms with Gasteiger partial charge in [-0.1, -0.05) is 49.2 Å². The highest BCUT2D eigenvalue weighted by atomic mass is 35.5. The second-order valence-electron chi connectivity index (χ2n) is 8.21. The first-order valence-corrected chi connectivity index (χ1v) is 10.9. The quantitative estimate of drug-likeness (QED) is 0.528. The van der Waals surface area contributed by atoms with Gasteiger partial charge in [0.25, 0.3) is 0 Å². The van der Waals surface area contributed by atoms with Crippen molar-refractivity contribution in [3.8, 4) is 10.7 Å². The van der Waals surface area contributed by atoms with Gasteiger partial charge in [0, 0.05) is 33.3 Å². The zero-order valence-corrected chi connectivity index (χ0v) is 18.2. The maximum absolute atomic E-state index is 13.2. The van der Waals surface area contributed by atoms with E-state index in [4.69, 9.17) is 33.3 Å². The fourth-order valence-corrected chi connectivity index (χ4v) is 5.29.